The zero-order valence-electron chi connectivity index (χ0n) is 18.4. The number of ether oxygens (including phenoxy) is 1. The van der Waals surface area contributed by atoms with Crippen LogP contribution in [0.5, 0.6) is 0 Å². The Bertz CT molecular complexity index is 983. The number of esters is 1. The van der Waals surface area contributed by atoms with Crippen LogP contribution in [0.3, 0.4) is 0 Å². The molecule has 168 valence electrons. The largest absolute Gasteiger partial charge is 0.462 e. The molecule has 2 heterocycles. The van der Waals surface area contributed by atoms with E-state index in [4.69, 9.17) is 4.74 Å². The lowest BCUT2D eigenvalue weighted by atomic mass is 10.1. The summed E-state index contributed by atoms with van der Waals surface area (Å²) in [5.41, 5.74) is 2.89. The maximum Gasteiger partial charge on any atom is 0.338 e. The lowest BCUT2D eigenvalue weighted by Crippen LogP contribution is -2.28. The Hall–Kier alpha value is -3.35. The quantitative estimate of drug-likeness (QED) is 0.669. The summed E-state index contributed by atoms with van der Waals surface area (Å²) in [4.78, 5) is 41.5. The predicted octanol–water partition coefficient (Wildman–Crippen LogP) is 3.85. The van der Waals surface area contributed by atoms with Crippen molar-refractivity contribution >= 4 is 34.8 Å². The van der Waals surface area contributed by atoms with Gasteiger partial charge in [-0.05, 0) is 61.7 Å². The van der Waals surface area contributed by atoms with Crippen molar-refractivity contribution in [2.45, 2.75) is 32.6 Å². The number of anilines is 3. The molecule has 2 amide bonds. The highest BCUT2D eigenvalue weighted by atomic mass is 16.5. The molecule has 1 unspecified atom stereocenters. The van der Waals surface area contributed by atoms with Gasteiger partial charge in [-0.15, -0.1) is 0 Å². The molecule has 0 aliphatic carbocycles. The van der Waals surface area contributed by atoms with Crippen LogP contribution in [-0.4, -0.2) is 44.0 Å². The Morgan fingerprint density at radius 3 is 2.50 bits per heavy atom. The van der Waals surface area contributed by atoms with Gasteiger partial charge in [-0.25, -0.2) is 4.79 Å². The van der Waals surface area contributed by atoms with Crippen LogP contribution in [0.25, 0.3) is 0 Å². The Morgan fingerprint density at radius 2 is 1.78 bits per heavy atom. The highest BCUT2D eigenvalue weighted by molar-refractivity contribution is 6.04. The molecule has 32 heavy (non-hydrogen) atoms. The first-order valence-electron chi connectivity index (χ1n) is 11.3. The molecule has 2 aliphatic rings. The van der Waals surface area contributed by atoms with Crippen molar-refractivity contribution in [2.24, 2.45) is 5.92 Å². The minimum atomic E-state index is -0.448. The van der Waals surface area contributed by atoms with Crippen molar-refractivity contribution < 1.29 is 19.1 Å². The molecule has 0 saturated carbocycles. The topological polar surface area (TPSA) is 78.9 Å². The lowest BCUT2D eigenvalue weighted by Gasteiger charge is -2.20. The lowest BCUT2D eigenvalue weighted by molar-refractivity contribution is -0.122. The van der Waals surface area contributed by atoms with E-state index in [9.17, 15) is 14.4 Å². The standard InChI is InChI=1S/C25H29N3O4/c1-2-14-32-25(31)18-6-5-7-20(15-18)26-24(30)19-16-23(29)28(17-19)22-10-8-21(9-11-22)27-12-3-4-13-27/h5-11,15,19H,2-4,12-14,16-17H2,1H3,(H,26,30). The van der Waals surface area contributed by atoms with E-state index < -0.39 is 11.9 Å². The molecule has 1 atom stereocenters. The Balaban J connectivity index is 1.37. The van der Waals surface area contributed by atoms with E-state index in [0.29, 0.717) is 24.4 Å². The van der Waals surface area contributed by atoms with Crippen molar-refractivity contribution in [1.29, 1.82) is 0 Å². The maximum absolute atomic E-state index is 12.8. The van der Waals surface area contributed by atoms with E-state index >= 15 is 0 Å². The number of hydrogen-bond acceptors (Lipinski definition) is 5. The first-order valence-corrected chi connectivity index (χ1v) is 11.3. The van der Waals surface area contributed by atoms with Gasteiger partial charge in [0.2, 0.25) is 11.8 Å². The molecule has 2 aliphatic heterocycles. The maximum atomic E-state index is 12.8. The van der Waals surface area contributed by atoms with E-state index in [1.54, 1.807) is 29.2 Å². The Labute approximate surface area is 188 Å². The van der Waals surface area contributed by atoms with Gasteiger partial charge in [0.05, 0.1) is 18.1 Å². The highest BCUT2D eigenvalue weighted by Crippen LogP contribution is 2.29. The molecule has 0 spiro atoms. The number of amides is 2. The number of nitrogens with one attached hydrogen (secondary N) is 1. The van der Waals surface area contributed by atoms with Crippen LogP contribution in [0, 0.1) is 5.92 Å². The van der Waals surface area contributed by atoms with Crippen molar-refractivity contribution in [1.82, 2.24) is 0 Å². The van der Waals surface area contributed by atoms with E-state index in [-0.39, 0.29) is 18.2 Å². The third-order valence-corrected chi connectivity index (χ3v) is 5.93. The summed E-state index contributed by atoms with van der Waals surface area (Å²) in [7, 11) is 0. The van der Waals surface area contributed by atoms with Crippen LogP contribution < -0.4 is 15.1 Å². The number of hydrogen-bond donors (Lipinski definition) is 1. The van der Waals surface area contributed by atoms with E-state index in [0.717, 1.165) is 25.2 Å². The second-order valence-corrected chi connectivity index (χ2v) is 8.32. The van der Waals surface area contributed by atoms with E-state index in [1.165, 1.54) is 18.5 Å². The third kappa shape index (κ3) is 4.93. The van der Waals surface area contributed by atoms with Gasteiger partial charge in [0.25, 0.3) is 0 Å². The monoisotopic (exact) mass is 435 g/mol. The van der Waals surface area contributed by atoms with Gasteiger partial charge < -0.3 is 19.9 Å². The fourth-order valence-corrected chi connectivity index (χ4v) is 4.20. The van der Waals surface area contributed by atoms with Gasteiger partial charge in [-0.2, -0.15) is 0 Å². The molecule has 0 aromatic heterocycles. The number of benzene rings is 2. The zero-order chi connectivity index (χ0) is 22.5. The molecule has 2 fully saturated rings. The van der Waals surface area contributed by atoms with Gasteiger partial charge in [0.1, 0.15) is 0 Å². The minimum absolute atomic E-state index is 0.0593. The fraction of sp³-hybridized carbons (Fsp3) is 0.400. The Morgan fingerprint density at radius 1 is 1.06 bits per heavy atom. The average Bonchev–Trinajstić information content (AvgIpc) is 3.48. The number of nitrogens with zero attached hydrogens (tertiary/aromatic N) is 2. The Kier molecular flexibility index (Phi) is 6.73. The first kappa shape index (κ1) is 21.9. The minimum Gasteiger partial charge on any atom is -0.462 e. The third-order valence-electron chi connectivity index (χ3n) is 5.93. The number of carbonyl (C=O) groups is 3. The molecule has 7 nitrogen and oxygen atoms in total. The van der Waals surface area contributed by atoms with Crippen molar-refractivity contribution in [3.63, 3.8) is 0 Å². The van der Waals surface area contributed by atoms with Gasteiger partial charge in [0.15, 0.2) is 0 Å². The molecular formula is C25H29N3O4. The SMILES string of the molecule is CCCOC(=O)c1cccc(NC(=O)C2CC(=O)N(c3ccc(N4CCCC4)cc3)C2)c1. The molecule has 7 heteroatoms. The van der Waals surface area contributed by atoms with Crippen molar-refractivity contribution in [3.05, 3.63) is 54.1 Å². The van der Waals surface area contributed by atoms with Crippen LogP contribution in [0.4, 0.5) is 17.1 Å². The molecule has 0 bridgehead atoms. The second-order valence-electron chi connectivity index (χ2n) is 8.32. The van der Waals surface area contributed by atoms with E-state index in [2.05, 4.69) is 10.2 Å². The summed E-state index contributed by atoms with van der Waals surface area (Å²) >= 11 is 0. The summed E-state index contributed by atoms with van der Waals surface area (Å²) in [5.74, 6) is -1.15. The van der Waals surface area contributed by atoms with E-state index in [1.807, 2.05) is 31.2 Å². The number of carbonyl (C=O) groups excluding carboxylic acids is 3. The summed E-state index contributed by atoms with van der Waals surface area (Å²) < 4.78 is 5.15. The van der Waals surface area contributed by atoms with Gasteiger partial charge in [-0.3, -0.25) is 9.59 Å². The zero-order valence-corrected chi connectivity index (χ0v) is 18.4. The predicted molar refractivity (Wildman–Crippen MR) is 124 cm³/mol. The summed E-state index contributed by atoms with van der Waals surface area (Å²) in [5, 5.41) is 2.84. The molecule has 2 aromatic carbocycles. The van der Waals surface area contributed by atoms with Crippen LogP contribution in [0.15, 0.2) is 48.5 Å². The van der Waals surface area contributed by atoms with Crippen LogP contribution in [-0.2, 0) is 14.3 Å². The normalized spacial score (nSPS) is 18.2. The van der Waals surface area contributed by atoms with Crippen molar-refractivity contribution in [2.75, 3.05) is 41.4 Å². The van der Waals surface area contributed by atoms with Crippen LogP contribution >= 0.6 is 0 Å². The highest BCUT2D eigenvalue weighted by Gasteiger charge is 2.35. The summed E-state index contributed by atoms with van der Waals surface area (Å²) in [6, 6.07) is 14.7. The summed E-state index contributed by atoms with van der Waals surface area (Å²) in [6.45, 7) is 4.77. The fourth-order valence-electron chi connectivity index (χ4n) is 4.20. The van der Waals surface area contributed by atoms with Gasteiger partial charge in [-0.1, -0.05) is 13.0 Å². The van der Waals surface area contributed by atoms with Crippen molar-refractivity contribution in [3.8, 4) is 0 Å². The van der Waals surface area contributed by atoms with Gasteiger partial charge in [0, 0.05) is 43.1 Å². The molecule has 1 N–H and O–H groups in total. The molecule has 4 rings (SSSR count). The number of rotatable bonds is 7. The molecule has 2 aromatic rings. The molecular weight excluding hydrogens is 406 g/mol. The molecule has 2 saturated heterocycles. The van der Waals surface area contributed by atoms with Crippen LogP contribution in [0.2, 0.25) is 0 Å². The summed E-state index contributed by atoms with van der Waals surface area (Å²) in [6.07, 6.45) is 3.34. The first-order chi connectivity index (χ1) is 15.5. The molecule has 0 radical (unpaired) electrons. The van der Waals surface area contributed by atoms with Crippen LogP contribution in [0.1, 0.15) is 43.0 Å². The van der Waals surface area contributed by atoms with Gasteiger partial charge >= 0.3 is 5.97 Å². The average molecular weight is 436 g/mol. The smallest absolute Gasteiger partial charge is 0.338 e. The second kappa shape index (κ2) is 9.85.